The quantitative estimate of drug-likeness (QED) is 0.571. The topological polar surface area (TPSA) is 32.3 Å². The highest BCUT2D eigenvalue weighted by molar-refractivity contribution is 5.92. The Kier molecular flexibility index (Phi) is 3.54. The minimum Gasteiger partial charge on any atom is -0.392 e. The van der Waals surface area contributed by atoms with Crippen LogP contribution in [0.25, 0.3) is 0 Å². The zero-order valence-electron chi connectivity index (χ0n) is 6.93. The molecule has 0 fully saturated rings. The Morgan fingerprint density at radius 1 is 1.50 bits per heavy atom. The minimum absolute atomic E-state index is 0.0688. The van der Waals surface area contributed by atoms with E-state index in [1.54, 1.807) is 25.1 Å². The summed E-state index contributed by atoms with van der Waals surface area (Å²) in [6.45, 7) is 1.54. The molecular weight excluding hydrogens is 128 g/mol. The molecule has 3 heteroatoms. The lowest BCUT2D eigenvalue weighted by molar-refractivity contribution is -0.114. The standard InChI is InChI=1S/C7H14N2O/c1-6(10)7(5-8-2)9(3)4/h5,8H,1-4H3/b7-5-. The van der Waals surface area contributed by atoms with Crippen LogP contribution in [0.3, 0.4) is 0 Å². The first-order valence-corrected chi connectivity index (χ1v) is 3.15. The van der Waals surface area contributed by atoms with E-state index in [0.717, 1.165) is 0 Å². The van der Waals surface area contributed by atoms with Crippen LogP contribution in [0.5, 0.6) is 0 Å². The van der Waals surface area contributed by atoms with E-state index in [0.29, 0.717) is 5.70 Å². The van der Waals surface area contributed by atoms with Crippen LogP contribution in [0, 0.1) is 0 Å². The van der Waals surface area contributed by atoms with E-state index in [2.05, 4.69) is 5.32 Å². The van der Waals surface area contributed by atoms with Crippen LogP contribution >= 0.6 is 0 Å². The van der Waals surface area contributed by atoms with Crippen molar-refractivity contribution in [2.45, 2.75) is 6.92 Å². The predicted molar refractivity (Wildman–Crippen MR) is 41.5 cm³/mol. The van der Waals surface area contributed by atoms with Gasteiger partial charge in [-0.15, -0.1) is 0 Å². The smallest absolute Gasteiger partial charge is 0.177 e. The van der Waals surface area contributed by atoms with Crippen LogP contribution in [-0.2, 0) is 4.79 Å². The van der Waals surface area contributed by atoms with Gasteiger partial charge < -0.3 is 10.2 Å². The number of carbonyl (C=O) groups excluding carboxylic acids is 1. The van der Waals surface area contributed by atoms with Crippen molar-refractivity contribution in [3.63, 3.8) is 0 Å². The molecule has 0 heterocycles. The Morgan fingerprint density at radius 3 is 2.10 bits per heavy atom. The molecule has 58 valence electrons. The van der Waals surface area contributed by atoms with Crippen molar-refractivity contribution in [2.24, 2.45) is 0 Å². The van der Waals surface area contributed by atoms with Gasteiger partial charge in [-0.05, 0) is 0 Å². The zero-order valence-corrected chi connectivity index (χ0v) is 6.93. The molecule has 0 radical (unpaired) electrons. The molecular formula is C7H14N2O. The molecule has 1 N–H and O–H groups in total. The second-order valence-corrected chi connectivity index (χ2v) is 2.27. The second-order valence-electron chi connectivity index (χ2n) is 2.27. The molecule has 0 saturated carbocycles. The highest BCUT2D eigenvalue weighted by Gasteiger charge is 2.03. The lowest BCUT2D eigenvalue weighted by Gasteiger charge is -2.13. The first kappa shape index (κ1) is 9.01. The molecule has 0 saturated heterocycles. The van der Waals surface area contributed by atoms with Gasteiger partial charge in [0.05, 0.1) is 5.70 Å². The summed E-state index contributed by atoms with van der Waals surface area (Å²) in [6.07, 6.45) is 1.68. The summed E-state index contributed by atoms with van der Waals surface area (Å²) in [7, 11) is 5.45. The van der Waals surface area contributed by atoms with Crippen LogP contribution in [0.1, 0.15) is 6.92 Å². The molecule has 0 aromatic rings. The maximum absolute atomic E-state index is 10.8. The van der Waals surface area contributed by atoms with Crippen molar-refractivity contribution < 1.29 is 4.79 Å². The summed E-state index contributed by atoms with van der Waals surface area (Å²) >= 11 is 0. The van der Waals surface area contributed by atoms with Crippen molar-refractivity contribution in [2.75, 3.05) is 21.1 Å². The monoisotopic (exact) mass is 142 g/mol. The molecule has 0 aliphatic heterocycles. The average molecular weight is 142 g/mol. The average Bonchev–Trinajstić information content (AvgIpc) is 1.81. The number of Topliss-reactive ketones (excluding diaryl/α,β-unsaturated/α-hetero) is 1. The predicted octanol–water partition coefficient (Wildman–Crippen LogP) is 0.198. The molecule has 0 bridgehead atoms. The normalized spacial score (nSPS) is 11.0. The van der Waals surface area contributed by atoms with E-state index in [1.807, 2.05) is 14.1 Å². The Balaban J connectivity index is 4.27. The van der Waals surface area contributed by atoms with Crippen molar-refractivity contribution in [3.05, 3.63) is 11.9 Å². The Bertz CT molecular complexity index is 150. The van der Waals surface area contributed by atoms with Gasteiger partial charge in [-0.25, -0.2) is 0 Å². The third-order valence-electron chi connectivity index (χ3n) is 1.12. The minimum atomic E-state index is 0.0688. The highest BCUT2D eigenvalue weighted by atomic mass is 16.1. The van der Waals surface area contributed by atoms with Crippen molar-refractivity contribution >= 4 is 5.78 Å². The van der Waals surface area contributed by atoms with E-state index in [4.69, 9.17) is 0 Å². The van der Waals surface area contributed by atoms with Crippen LogP contribution < -0.4 is 5.32 Å². The fourth-order valence-corrected chi connectivity index (χ4v) is 0.682. The third kappa shape index (κ3) is 2.53. The maximum atomic E-state index is 10.8. The number of carbonyl (C=O) groups is 1. The maximum Gasteiger partial charge on any atom is 0.177 e. The fourth-order valence-electron chi connectivity index (χ4n) is 0.682. The summed E-state index contributed by atoms with van der Waals surface area (Å²) in [4.78, 5) is 12.6. The summed E-state index contributed by atoms with van der Waals surface area (Å²) in [5, 5.41) is 2.81. The Labute approximate surface area is 61.7 Å². The first-order chi connectivity index (χ1) is 4.59. The number of hydrogen-bond donors (Lipinski definition) is 1. The van der Waals surface area contributed by atoms with Crippen molar-refractivity contribution in [1.29, 1.82) is 0 Å². The molecule has 0 amide bonds. The number of nitrogens with zero attached hydrogens (tertiary/aromatic N) is 1. The molecule has 10 heavy (non-hydrogen) atoms. The molecule has 0 aromatic heterocycles. The molecule has 0 unspecified atom stereocenters. The van der Waals surface area contributed by atoms with Crippen LogP contribution in [0.2, 0.25) is 0 Å². The summed E-state index contributed by atoms with van der Waals surface area (Å²) in [6, 6.07) is 0. The SMILES string of the molecule is CN/C=C(/C(C)=O)N(C)C. The van der Waals surface area contributed by atoms with E-state index >= 15 is 0 Å². The van der Waals surface area contributed by atoms with Gasteiger partial charge in [-0.3, -0.25) is 4.79 Å². The lowest BCUT2D eigenvalue weighted by atomic mass is 10.3. The van der Waals surface area contributed by atoms with Crippen LogP contribution in [0.4, 0.5) is 0 Å². The summed E-state index contributed by atoms with van der Waals surface area (Å²) < 4.78 is 0. The van der Waals surface area contributed by atoms with Crippen LogP contribution in [-0.4, -0.2) is 31.8 Å². The van der Waals surface area contributed by atoms with Gasteiger partial charge in [0, 0.05) is 34.3 Å². The number of allylic oxidation sites excluding steroid dienone is 1. The molecule has 0 aliphatic rings. The van der Waals surface area contributed by atoms with Gasteiger partial charge in [0.15, 0.2) is 5.78 Å². The zero-order chi connectivity index (χ0) is 8.15. The van der Waals surface area contributed by atoms with Gasteiger partial charge in [0.1, 0.15) is 0 Å². The highest BCUT2D eigenvalue weighted by Crippen LogP contribution is 1.96. The van der Waals surface area contributed by atoms with Gasteiger partial charge in [-0.1, -0.05) is 0 Å². The van der Waals surface area contributed by atoms with Crippen LogP contribution in [0.15, 0.2) is 11.9 Å². The molecule has 3 nitrogen and oxygen atoms in total. The van der Waals surface area contributed by atoms with Crippen molar-refractivity contribution in [3.8, 4) is 0 Å². The second kappa shape index (κ2) is 3.93. The molecule has 0 rings (SSSR count). The number of likely N-dealkylation sites (N-methyl/N-ethyl adjacent to an activating group) is 1. The third-order valence-corrected chi connectivity index (χ3v) is 1.12. The van der Waals surface area contributed by atoms with Gasteiger partial charge in [0.2, 0.25) is 0 Å². The molecule has 0 aromatic carbocycles. The molecule has 0 spiro atoms. The number of hydrogen-bond acceptors (Lipinski definition) is 3. The first-order valence-electron chi connectivity index (χ1n) is 3.15. The summed E-state index contributed by atoms with van der Waals surface area (Å²) in [5.41, 5.74) is 0.683. The number of ketones is 1. The van der Waals surface area contributed by atoms with E-state index in [9.17, 15) is 4.79 Å². The van der Waals surface area contributed by atoms with Gasteiger partial charge in [-0.2, -0.15) is 0 Å². The summed E-state index contributed by atoms with van der Waals surface area (Å²) in [5.74, 6) is 0.0688. The Morgan fingerprint density at radius 2 is 2.00 bits per heavy atom. The molecule has 0 atom stereocenters. The number of nitrogens with one attached hydrogen (secondary N) is 1. The van der Waals surface area contributed by atoms with Crippen molar-refractivity contribution in [1.82, 2.24) is 10.2 Å². The fraction of sp³-hybridized carbons (Fsp3) is 0.571. The number of rotatable bonds is 3. The van der Waals surface area contributed by atoms with Gasteiger partial charge >= 0.3 is 0 Å². The lowest BCUT2D eigenvalue weighted by Crippen LogP contribution is -2.19. The Hall–Kier alpha value is -0.990. The van der Waals surface area contributed by atoms with E-state index < -0.39 is 0 Å². The molecule has 0 aliphatic carbocycles. The largest absolute Gasteiger partial charge is 0.392 e. The van der Waals surface area contributed by atoms with E-state index in [1.165, 1.54) is 0 Å². The van der Waals surface area contributed by atoms with E-state index in [-0.39, 0.29) is 5.78 Å². The van der Waals surface area contributed by atoms with Gasteiger partial charge in [0.25, 0.3) is 0 Å².